The zero-order valence-electron chi connectivity index (χ0n) is 15.5. The van der Waals surface area contributed by atoms with Crippen LogP contribution in [0.25, 0.3) is 0 Å². The Bertz CT molecular complexity index is 590. The highest BCUT2D eigenvalue weighted by atomic mass is 16.3. The van der Waals surface area contributed by atoms with Crippen molar-refractivity contribution in [2.75, 3.05) is 13.2 Å². The summed E-state index contributed by atoms with van der Waals surface area (Å²) in [6.07, 6.45) is 5.42. The van der Waals surface area contributed by atoms with E-state index in [1.165, 1.54) is 11.4 Å². The number of aryl methyl sites for hydroxylation is 6. The summed E-state index contributed by atoms with van der Waals surface area (Å²) in [6, 6.07) is 4.21. The van der Waals surface area contributed by atoms with Crippen LogP contribution in [0.3, 0.4) is 0 Å². The van der Waals surface area contributed by atoms with Crippen LogP contribution in [0.1, 0.15) is 49.5 Å². The summed E-state index contributed by atoms with van der Waals surface area (Å²) in [5.41, 5.74) is 4.68. The molecule has 0 spiro atoms. The minimum absolute atomic E-state index is 0.248. The van der Waals surface area contributed by atoms with Crippen molar-refractivity contribution in [2.45, 2.75) is 52.4 Å². The second-order valence-electron chi connectivity index (χ2n) is 5.86. The van der Waals surface area contributed by atoms with Crippen molar-refractivity contribution in [2.24, 2.45) is 14.1 Å². The highest BCUT2D eigenvalue weighted by molar-refractivity contribution is 5.10. The van der Waals surface area contributed by atoms with Gasteiger partial charge in [0.25, 0.3) is 0 Å². The predicted molar refractivity (Wildman–Crippen MR) is 96.0 cm³/mol. The normalized spacial score (nSPS) is 10.6. The minimum atomic E-state index is 0.248. The van der Waals surface area contributed by atoms with Crippen molar-refractivity contribution in [3.05, 3.63) is 34.9 Å². The summed E-state index contributed by atoms with van der Waals surface area (Å²) in [4.78, 5) is 0. The van der Waals surface area contributed by atoms with Crippen molar-refractivity contribution in [1.82, 2.24) is 19.6 Å². The third kappa shape index (κ3) is 6.45. The summed E-state index contributed by atoms with van der Waals surface area (Å²) in [6.45, 7) is 4.72. The maximum absolute atomic E-state index is 8.65. The molecule has 2 aromatic rings. The molecule has 2 N–H and O–H groups in total. The zero-order valence-corrected chi connectivity index (χ0v) is 15.5. The number of aliphatic hydroxyl groups excluding tert-OH is 2. The van der Waals surface area contributed by atoms with Crippen molar-refractivity contribution >= 4 is 0 Å². The fourth-order valence-electron chi connectivity index (χ4n) is 2.52. The number of hydrogen-bond donors (Lipinski definition) is 2. The molecule has 0 bridgehead atoms. The summed E-state index contributed by atoms with van der Waals surface area (Å²) >= 11 is 0. The number of aliphatic hydroxyl groups is 2. The molecule has 2 aromatic heterocycles. The number of hydrogen-bond acceptors (Lipinski definition) is 4. The quantitative estimate of drug-likeness (QED) is 0.771. The highest BCUT2D eigenvalue weighted by Gasteiger charge is 2.02. The van der Waals surface area contributed by atoms with Crippen LogP contribution in [0.4, 0.5) is 0 Å². The van der Waals surface area contributed by atoms with Gasteiger partial charge in [-0.3, -0.25) is 9.36 Å². The first kappa shape index (κ1) is 20.4. The summed E-state index contributed by atoms with van der Waals surface area (Å²) in [5.74, 6) is 0. The largest absolute Gasteiger partial charge is 0.396 e. The van der Waals surface area contributed by atoms with E-state index in [4.69, 9.17) is 10.2 Å². The second-order valence-corrected chi connectivity index (χ2v) is 5.86. The smallest absolute Gasteiger partial charge is 0.0628 e. The van der Waals surface area contributed by atoms with Crippen LogP contribution in [-0.2, 0) is 39.8 Å². The minimum Gasteiger partial charge on any atom is -0.396 e. The van der Waals surface area contributed by atoms with E-state index in [0.29, 0.717) is 0 Å². The van der Waals surface area contributed by atoms with Gasteiger partial charge in [0.1, 0.15) is 0 Å². The third-order valence-corrected chi connectivity index (χ3v) is 3.96. The van der Waals surface area contributed by atoms with Gasteiger partial charge in [-0.05, 0) is 50.7 Å². The molecule has 0 aromatic carbocycles. The summed E-state index contributed by atoms with van der Waals surface area (Å²) in [5, 5.41) is 25.9. The molecule has 6 nitrogen and oxygen atoms in total. The van der Waals surface area contributed by atoms with Crippen LogP contribution < -0.4 is 0 Å². The molecule has 0 saturated carbocycles. The van der Waals surface area contributed by atoms with Crippen LogP contribution in [-0.4, -0.2) is 43.0 Å². The van der Waals surface area contributed by atoms with Gasteiger partial charge in [-0.2, -0.15) is 10.2 Å². The van der Waals surface area contributed by atoms with E-state index in [2.05, 4.69) is 36.2 Å². The molecule has 0 aliphatic carbocycles. The predicted octanol–water partition coefficient (Wildman–Crippen LogP) is 1.81. The molecule has 136 valence electrons. The van der Waals surface area contributed by atoms with E-state index in [0.717, 1.165) is 49.9 Å². The van der Waals surface area contributed by atoms with Gasteiger partial charge in [0.15, 0.2) is 0 Å². The summed E-state index contributed by atoms with van der Waals surface area (Å²) < 4.78 is 3.81. The molecule has 0 aliphatic rings. The van der Waals surface area contributed by atoms with Crippen LogP contribution in [0, 0.1) is 0 Å². The summed E-state index contributed by atoms with van der Waals surface area (Å²) in [7, 11) is 3.91. The van der Waals surface area contributed by atoms with E-state index >= 15 is 0 Å². The van der Waals surface area contributed by atoms with Crippen molar-refractivity contribution in [3.63, 3.8) is 0 Å². The lowest BCUT2D eigenvalue weighted by Crippen LogP contribution is -1.99. The first-order chi connectivity index (χ1) is 11.5. The van der Waals surface area contributed by atoms with E-state index in [1.807, 2.05) is 23.5 Å². The fraction of sp³-hybridized carbons (Fsp3) is 0.667. The Morgan fingerprint density at radius 2 is 1.33 bits per heavy atom. The average Bonchev–Trinajstić information content (AvgIpc) is 3.13. The molecular formula is C18H32N4O2. The van der Waals surface area contributed by atoms with Gasteiger partial charge in [-0.15, -0.1) is 0 Å². The monoisotopic (exact) mass is 336 g/mol. The van der Waals surface area contributed by atoms with Gasteiger partial charge in [-0.1, -0.05) is 13.8 Å². The molecule has 24 heavy (non-hydrogen) atoms. The Balaban J connectivity index is 0.000000240. The standard InChI is InChI=1S/2C9H16N2O/c1-3-9-7-8(5-4-6-12)10-11(9)2;1-3-8-7-9(5-4-6-12)11(2)10-8/h2*7,12H,3-6H2,1-2H3. The Morgan fingerprint density at radius 3 is 1.83 bits per heavy atom. The first-order valence-corrected chi connectivity index (χ1v) is 8.80. The van der Waals surface area contributed by atoms with Crippen molar-refractivity contribution in [1.29, 1.82) is 0 Å². The topological polar surface area (TPSA) is 76.1 Å². The molecular weight excluding hydrogens is 304 g/mol. The highest BCUT2D eigenvalue weighted by Crippen LogP contribution is 2.06. The van der Waals surface area contributed by atoms with E-state index in [1.54, 1.807) is 0 Å². The van der Waals surface area contributed by atoms with Crippen LogP contribution >= 0.6 is 0 Å². The van der Waals surface area contributed by atoms with Gasteiger partial charge >= 0.3 is 0 Å². The van der Waals surface area contributed by atoms with E-state index in [9.17, 15) is 0 Å². The Labute approximate surface area is 145 Å². The van der Waals surface area contributed by atoms with E-state index < -0.39 is 0 Å². The number of nitrogens with zero attached hydrogens (tertiary/aromatic N) is 4. The Morgan fingerprint density at radius 1 is 0.792 bits per heavy atom. The molecule has 0 aliphatic heterocycles. The van der Waals surface area contributed by atoms with Gasteiger partial charge in [0, 0.05) is 38.7 Å². The SMILES string of the molecule is CCc1cc(CCCO)n(C)n1.CCc1cc(CCCO)nn1C. The average molecular weight is 336 g/mol. The Hall–Kier alpha value is -1.66. The fourth-order valence-corrected chi connectivity index (χ4v) is 2.52. The molecule has 2 rings (SSSR count). The van der Waals surface area contributed by atoms with Gasteiger partial charge in [-0.25, -0.2) is 0 Å². The maximum atomic E-state index is 8.65. The number of rotatable bonds is 8. The molecule has 0 saturated heterocycles. The third-order valence-electron chi connectivity index (χ3n) is 3.96. The first-order valence-electron chi connectivity index (χ1n) is 8.80. The lowest BCUT2D eigenvalue weighted by atomic mass is 10.2. The molecule has 0 atom stereocenters. The van der Waals surface area contributed by atoms with Crippen LogP contribution in [0.15, 0.2) is 12.1 Å². The molecule has 2 heterocycles. The van der Waals surface area contributed by atoms with Crippen molar-refractivity contribution in [3.8, 4) is 0 Å². The zero-order chi connectivity index (χ0) is 17.9. The lowest BCUT2D eigenvalue weighted by Gasteiger charge is -1.97. The number of aromatic nitrogens is 4. The molecule has 0 radical (unpaired) electrons. The lowest BCUT2D eigenvalue weighted by molar-refractivity contribution is 0.287. The van der Waals surface area contributed by atoms with Gasteiger partial charge < -0.3 is 10.2 Å². The van der Waals surface area contributed by atoms with Gasteiger partial charge in [0.2, 0.25) is 0 Å². The van der Waals surface area contributed by atoms with Gasteiger partial charge in [0.05, 0.1) is 11.4 Å². The molecule has 0 unspecified atom stereocenters. The molecule has 0 fully saturated rings. The van der Waals surface area contributed by atoms with Crippen molar-refractivity contribution < 1.29 is 10.2 Å². The second kappa shape index (κ2) is 11.0. The van der Waals surface area contributed by atoms with Crippen LogP contribution in [0.2, 0.25) is 0 Å². The maximum Gasteiger partial charge on any atom is 0.0628 e. The molecule has 6 heteroatoms. The van der Waals surface area contributed by atoms with Crippen LogP contribution in [0.5, 0.6) is 0 Å². The van der Waals surface area contributed by atoms with E-state index in [-0.39, 0.29) is 13.2 Å². The molecule has 0 amide bonds. The Kier molecular flexibility index (Phi) is 9.34.